The highest BCUT2D eigenvalue weighted by atomic mass is 16.5. The van der Waals surface area contributed by atoms with Crippen LogP contribution in [0.3, 0.4) is 0 Å². The summed E-state index contributed by atoms with van der Waals surface area (Å²) in [5, 5.41) is 3.08. The summed E-state index contributed by atoms with van der Waals surface area (Å²) in [7, 11) is 1.40. The van der Waals surface area contributed by atoms with Gasteiger partial charge in [-0.05, 0) is 12.1 Å². The number of methoxy groups -OCH3 is 1. The second-order valence-electron chi connectivity index (χ2n) is 3.77. The Morgan fingerprint density at radius 1 is 1.38 bits per heavy atom. The summed E-state index contributed by atoms with van der Waals surface area (Å²) < 4.78 is 10.4. The smallest absolute Gasteiger partial charge is 0.323 e. The van der Waals surface area contributed by atoms with Gasteiger partial charge in [0.2, 0.25) is 0 Å². The Labute approximate surface area is 94.6 Å². The van der Waals surface area contributed by atoms with Crippen LogP contribution >= 0.6 is 0 Å². The van der Waals surface area contributed by atoms with Crippen LogP contribution in [0.25, 0.3) is 0 Å². The summed E-state index contributed by atoms with van der Waals surface area (Å²) in [4.78, 5) is 11.3. The summed E-state index contributed by atoms with van der Waals surface area (Å²) >= 11 is 0. The first-order chi connectivity index (χ1) is 7.79. The number of esters is 1. The van der Waals surface area contributed by atoms with E-state index in [9.17, 15) is 4.79 Å². The van der Waals surface area contributed by atoms with Crippen molar-refractivity contribution in [2.45, 2.75) is 18.6 Å². The minimum Gasteiger partial charge on any atom is -0.489 e. The molecular weight excluding hydrogens is 206 g/mol. The molecule has 16 heavy (non-hydrogen) atoms. The van der Waals surface area contributed by atoms with E-state index in [2.05, 4.69) is 10.1 Å². The largest absolute Gasteiger partial charge is 0.489 e. The Bertz CT molecular complexity index is 353. The number of hydrogen-bond acceptors (Lipinski definition) is 4. The fraction of sp³-hybridized carbons (Fsp3) is 0.417. The molecule has 1 N–H and O–H groups in total. The maximum absolute atomic E-state index is 11.3. The molecule has 2 atom stereocenters. The quantitative estimate of drug-likeness (QED) is 0.773. The van der Waals surface area contributed by atoms with Crippen molar-refractivity contribution in [3.8, 4) is 5.75 Å². The molecule has 0 unspecified atom stereocenters. The highest BCUT2D eigenvalue weighted by Gasteiger charge is 2.31. The van der Waals surface area contributed by atoms with Crippen LogP contribution in [0.15, 0.2) is 30.3 Å². The number of para-hydroxylation sites is 1. The molecule has 86 valence electrons. The topological polar surface area (TPSA) is 47.6 Å². The van der Waals surface area contributed by atoms with E-state index >= 15 is 0 Å². The standard InChI is InChI=1S/C12H15NO3/c1-15-12(14)11-7-10(8-13-11)16-9-5-3-2-4-6-9/h2-6,10-11,13H,7-8H2,1H3/t10-,11-/m1/s1. The molecule has 1 aliphatic rings. The van der Waals surface area contributed by atoms with Gasteiger partial charge in [0.05, 0.1) is 7.11 Å². The van der Waals surface area contributed by atoms with Crippen molar-refractivity contribution >= 4 is 5.97 Å². The SMILES string of the molecule is COC(=O)[C@H]1C[C@@H](Oc2ccccc2)CN1. The first kappa shape index (κ1) is 11.0. The molecule has 0 bridgehead atoms. The lowest BCUT2D eigenvalue weighted by atomic mass is 10.2. The van der Waals surface area contributed by atoms with Gasteiger partial charge in [0.1, 0.15) is 17.9 Å². The zero-order chi connectivity index (χ0) is 11.4. The van der Waals surface area contributed by atoms with E-state index in [0.717, 1.165) is 5.75 Å². The molecule has 1 saturated heterocycles. The average molecular weight is 221 g/mol. The molecule has 1 aliphatic heterocycles. The van der Waals surface area contributed by atoms with Crippen LogP contribution in [0, 0.1) is 0 Å². The van der Waals surface area contributed by atoms with E-state index in [0.29, 0.717) is 13.0 Å². The lowest BCUT2D eigenvalue weighted by Crippen LogP contribution is -2.31. The summed E-state index contributed by atoms with van der Waals surface area (Å²) in [5.74, 6) is 0.610. The van der Waals surface area contributed by atoms with Crippen molar-refractivity contribution in [3.63, 3.8) is 0 Å². The number of hydrogen-bond donors (Lipinski definition) is 1. The van der Waals surface area contributed by atoms with E-state index in [1.54, 1.807) is 0 Å². The van der Waals surface area contributed by atoms with Gasteiger partial charge in [-0.25, -0.2) is 0 Å². The molecule has 4 heteroatoms. The fourth-order valence-electron chi connectivity index (χ4n) is 1.81. The van der Waals surface area contributed by atoms with E-state index in [1.807, 2.05) is 30.3 Å². The molecule has 1 aromatic carbocycles. The monoisotopic (exact) mass is 221 g/mol. The van der Waals surface area contributed by atoms with Crippen molar-refractivity contribution in [1.29, 1.82) is 0 Å². The number of carbonyl (C=O) groups is 1. The van der Waals surface area contributed by atoms with Crippen LogP contribution in [0.4, 0.5) is 0 Å². The Morgan fingerprint density at radius 2 is 2.12 bits per heavy atom. The van der Waals surface area contributed by atoms with Crippen LogP contribution in [0.1, 0.15) is 6.42 Å². The molecule has 2 rings (SSSR count). The minimum absolute atomic E-state index is 0.0338. The first-order valence-electron chi connectivity index (χ1n) is 5.32. The molecule has 0 saturated carbocycles. The van der Waals surface area contributed by atoms with Crippen molar-refractivity contribution in [1.82, 2.24) is 5.32 Å². The summed E-state index contributed by atoms with van der Waals surface area (Å²) in [5.41, 5.74) is 0. The third-order valence-corrected chi connectivity index (χ3v) is 2.62. The van der Waals surface area contributed by atoms with Crippen LogP contribution in [-0.2, 0) is 9.53 Å². The highest BCUT2D eigenvalue weighted by molar-refractivity contribution is 5.76. The van der Waals surface area contributed by atoms with Crippen LogP contribution in [-0.4, -0.2) is 31.8 Å². The van der Waals surface area contributed by atoms with Gasteiger partial charge in [0, 0.05) is 13.0 Å². The van der Waals surface area contributed by atoms with E-state index < -0.39 is 0 Å². The van der Waals surface area contributed by atoms with Gasteiger partial charge in [-0.3, -0.25) is 4.79 Å². The molecular formula is C12H15NO3. The Balaban J connectivity index is 1.88. The molecule has 1 fully saturated rings. The Morgan fingerprint density at radius 3 is 2.81 bits per heavy atom. The zero-order valence-corrected chi connectivity index (χ0v) is 9.18. The van der Waals surface area contributed by atoms with Gasteiger partial charge < -0.3 is 14.8 Å². The summed E-state index contributed by atoms with van der Waals surface area (Å²) in [6, 6.07) is 9.37. The van der Waals surface area contributed by atoms with Gasteiger partial charge in [-0.15, -0.1) is 0 Å². The molecule has 0 aliphatic carbocycles. The molecule has 0 aromatic heterocycles. The summed E-state index contributed by atoms with van der Waals surface area (Å²) in [6.07, 6.45) is 0.688. The molecule has 1 heterocycles. The van der Waals surface area contributed by atoms with Gasteiger partial charge in [0.25, 0.3) is 0 Å². The zero-order valence-electron chi connectivity index (χ0n) is 9.18. The second-order valence-corrected chi connectivity index (χ2v) is 3.77. The average Bonchev–Trinajstić information content (AvgIpc) is 2.78. The van der Waals surface area contributed by atoms with Crippen molar-refractivity contribution in [2.75, 3.05) is 13.7 Å². The molecule has 0 spiro atoms. The molecule has 4 nitrogen and oxygen atoms in total. The lowest BCUT2D eigenvalue weighted by molar-refractivity contribution is -0.142. The third-order valence-electron chi connectivity index (χ3n) is 2.62. The lowest BCUT2D eigenvalue weighted by Gasteiger charge is -2.12. The Kier molecular flexibility index (Phi) is 3.41. The number of carbonyl (C=O) groups excluding carboxylic acids is 1. The van der Waals surface area contributed by atoms with Crippen LogP contribution in [0.5, 0.6) is 5.75 Å². The first-order valence-corrected chi connectivity index (χ1v) is 5.32. The normalized spacial score (nSPS) is 24.1. The minimum atomic E-state index is -0.237. The number of rotatable bonds is 3. The maximum atomic E-state index is 11.3. The summed E-state index contributed by atoms with van der Waals surface area (Å²) in [6.45, 7) is 0.675. The molecule has 0 radical (unpaired) electrons. The fourth-order valence-corrected chi connectivity index (χ4v) is 1.81. The Hall–Kier alpha value is -1.55. The molecule has 0 amide bonds. The predicted molar refractivity (Wildman–Crippen MR) is 59.3 cm³/mol. The number of ether oxygens (including phenoxy) is 2. The van der Waals surface area contributed by atoms with Crippen LogP contribution in [0.2, 0.25) is 0 Å². The van der Waals surface area contributed by atoms with E-state index in [1.165, 1.54) is 7.11 Å². The van der Waals surface area contributed by atoms with Gasteiger partial charge in [-0.1, -0.05) is 18.2 Å². The van der Waals surface area contributed by atoms with Gasteiger partial charge in [-0.2, -0.15) is 0 Å². The van der Waals surface area contributed by atoms with Gasteiger partial charge >= 0.3 is 5.97 Å². The van der Waals surface area contributed by atoms with E-state index in [-0.39, 0.29) is 18.1 Å². The van der Waals surface area contributed by atoms with E-state index in [4.69, 9.17) is 4.74 Å². The van der Waals surface area contributed by atoms with Crippen molar-refractivity contribution in [3.05, 3.63) is 30.3 Å². The third kappa shape index (κ3) is 2.52. The van der Waals surface area contributed by atoms with Crippen LogP contribution < -0.4 is 10.1 Å². The second kappa shape index (κ2) is 4.99. The van der Waals surface area contributed by atoms with Crippen molar-refractivity contribution in [2.24, 2.45) is 0 Å². The molecule has 1 aromatic rings. The number of benzene rings is 1. The highest BCUT2D eigenvalue weighted by Crippen LogP contribution is 2.17. The number of nitrogens with one attached hydrogen (secondary N) is 1. The van der Waals surface area contributed by atoms with Gasteiger partial charge in [0.15, 0.2) is 0 Å². The van der Waals surface area contributed by atoms with Crippen molar-refractivity contribution < 1.29 is 14.3 Å². The maximum Gasteiger partial charge on any atom is 0.323 e. The predicted octanol–water partition coefficient (Wildman–Crippen LogP) is 0.969.